The van der Waals surface area contributed by atoms with Crippen LogP contribution in [0.25, 0.3) is 0 Å². The fraction of sp³-hybridized carbons (Fsp3) is 0.889. The van der Waals surface area contributed by atoms with Crippen molar-refractivity contribution in [2.75, 3.05) is 6.61 Å². The Morgan fingerprint density at radius 1 is 1.67 bits per heavy atom. The van der Waals surface area contributed by atoms with Gasteiger partial charge in [0.05, 0.1) is 12.0 Å². The number of cyclic esters (lactones) is 1. The summed E-state index contributed by atoms with van der Waals surface area (Å²) in [4.78, 5) is 11.3. The molecule has 1 rings (SSSR count). The number of aliphatic hydroxyl groups excluding tert-OH is 1. The second kappa shape index (κ2) is 3.05. The summed E-state index contributed by atoms with van der Waals surface area (Å²) in [7, 11) is 0. The Morgan fingerprint density at radius 2 is 2.25 bits per heavy atom. The highest BCUT2D eigenvalue weighted by Crippen LogP contribution is 2.39. The molecule has 0 aliphatic carbocycles. The van der Waals surface area contributed by atoms with Gasteiger partial charge in [-0.3, -0.25) is 4.79 Å². The first-order valence-corrected chi connectivity index (χ1v) is 4.38. The lowest BCUT2D eigenvalue weighted by atomic mass is 9.78. The second-order valence-electron chi connectivity index (χ2n) is 3.72. The lowest BCUT2D eigenvalue weighted by molar-refractivity contribution is -0.149. The molecule has 0 unspecified atom stereocenters. The zero-order valence-corrected chi connectivity index (χ0v) is 7.83. The molecule has 0 bridgehead atoms. The van der Waals surface area contributed by atoms with Crippen molar-refractivity contribution in [2.45, 2.75) is 33.3 Å². The number of hydrogen-bond acceptors (Lipinski definition) is 3. The van der Waals surface area contributed by atoms with E-state index in [1.165, 1.54) is 0 Å². The first-order chi connectivity index (χ1) is 5.56. The van der Waals surface area contributed by atoms with Gasteiger partial charge in [0.25, 0.3) is 0 Å². The Hall–Kier alpha value is -0.570. The van der Waals surface area contributed by atoms with Crippen molar-refractivity contribution in [2.24, 2.45) is 11.3 Å². The smallest absolute Gasteiger partial charge is 0.314 e. The van der Waals surface area contributed by atoms with Crippen LogP contribution in [0.15, 0.2) is 0 Å². The molecule has 1 aliphatic rings. The molecule has 0 aromatic heterocycles. The van der Waals surface area contributed by atoms with Crippen molar-refractivity contribution in [3.8, 4) is 0 Å². The van der Waals surface area contributed by atoms with Crippen LogP contribution in [0.1, 0.15) is 27.2 Å². The zero-order valence-electron chi connectivity index (χ0n) is 7.83. The van der Waals surface area contributed by atoms with Gasteiger partial charge in [0.1, 0.15) is 6.10 Å². The summed E-state index contributed by atoms with van der Waals surface area (Å²) in [6.07, 6.45) is 0.803. The largest absolute Gasteiger partial charge is 0.462 e. The van der Waals surface area contributed by atoms with Gasteiger partial charge in [-0.15, -0.1) is 0 Å². The van der Waals surface area contributed by atoms with Crippen LogP contribution in [-0.4, -0.2) is 23.8 Å². The standard InChI is InChI=1S/C9H16O3/c1-4-7-6(2)9(3,5-10)8(11)12-7/h6-7,10H,4-5H2,1-3H3/t6-,7-,9-/m1/s1. The van der Waals surface area contributed by atoms with E-state index in [0.29, 0.717) is 0 Å². The summed E-state index contributed by atoms with van der Waals surface area (Å²) in [6.45, 7) is 5.58. The molecule has 0 aromatic rings. The Bertz CT molecular complexity index is 190. The number of carbonyl (C=O) groups excluding carboxylic acids is 1. The lowest BCUT2D eigenvalue weighted by Gasteiger charge is -2.22. The van der Waals surface area contributed by atoms with Gasteiger partial charge in [0, 0.05) is 5.92 Å². The van der Waals surface area contributed by atoms with E-state index in [9.17, 15) is 4.79 Å². The summed E-state index contributed by atoms with van der Waals surface area (Å²) < 4.78 is 5.13. The Kier molecular flexibility index (Phi) is 2.42. The molecule has 1 aliphatic heterocycles. The van der Waals surface area contributed by atoms with Gasteiger partial charge in [-0.2, -0.15) is 0 Å². The van der Waals surface area contributed by atoms with Crippen LogP contribution in [0.4, 0.5) is 0 Å². The van der Waals surface area contributed by atoms with E-state index in [4.69, 9.17) is 9.84 Å². The van der Waals surface area contributed by atoms with Gasteiger partial charge in [-0.1, -0.05) is 13.8 Å². The van der Waals surface area contributed by atoms with E-state index < -0.39 is 5.41 Å². The van der Waals surface area contributed by atoms with Crippen LogP contribution >= 0.6 is 0 Å². The molecule has 70 valence electrons. The molecule has 0 saturated carbocycles. The van der Waals surface area contributed by atoms with Gasteiger partial charge in [-0.05, 0) is 13.3 Å². The number of carbonyl (C=O) groups is 1. The molecule has 3 nitrogen and oxygen atoms in total. The molecular weight excluding hydrogens is 156 g/mol. The number of hydrogen-bond donors (Lipinski definition) is 1. The molecule has 3 atom stereocenters. The molecular formula is C9H16O3. The molecule has 12 heavy (non-hydrogen) atoms. The van der Waals surface area contributed by atoms with Crippen molar-refractivity contribution in [3.63, 3.8) is 0 Å². The maximum Gasteiger partial charge on any atom is 0.314 e. The number of ether oxygens (including phenoxy) is 1. The first kappa shape index (κ1) is 9.52. The second-order valence-corrected chi connectivity index (χ2v) is 3.72. The van der Waals surface area contributed by atoms with Crippen molar-refractivity contribution < 1.29 is 14.6 Å². The fourth-order valence-corrected chi connectivity index (χ4v) is 1.62. The minimum Gasteiger partial charge on any atom is -0.462 e. The quantitative estimate of drug-likeness (QED) is 0.631. The Balaban J connectivity index is 2.83. The topological polar surface area (TPSA) is 46.5 Å². The number of esters is 1. The maximum absolute atomic E-state index is 11.3. The number of aliphatic hydroxyl groups is 1. The van der Waals surface area contributed by atoms with Crippen LogP contribution in [0.2, 0.25) is 0 Å². The summed E-state index contributed by atoms with van der Waals surface area (Å²) in [5.74, 6) is -0.149. The Labute approximate surface area is 72.7 Å². The molecule has 0 aromatic carbocycles. The summed E-state index contributed by atoms with van der Waals surface area (Å²) in [5, 5.41) is 9.08. The highest BCUT2D eigenvalue weighted by molar-refractivity contribution is 5.79. The fourth-order valence-electron chi connectivity index (χ4n) is 1.62. The van der Waals surface area contributed by atoms with Gasteiger partial charge in [0.15, 0.2) is 0 Å². The van der Waals surface area contributed by atoms with Gasteiger partial charge < -0.3 is 9.84 Å². The Morgan fingerprint density at radius 3 is 2.50 bits per heavy atom. The minimum absolute atomic E-state index is 0.0188. The third kappa shape index (κ3) is 1.12. The van der Waals surface area contributed by atoms with Crippen LogP contribution in [0.5, 0.6) is 0 Å². The molecule has 1 fully saturated rings. The van der Waals surface area contributed by atoms with Gasteiger partial charge >= 0.3 is 5.97 Å². The monoisotopic (exact) mass is 172 g/mol. The molecule has 0 amide bonds. The summed E-state index contributed by atoms with van der Waals surface area (Å²) >= 11 is 0. The summed E-state index contributed by atoms with van der Waals surface area (Å²) in [6, 6.07) is 0. The summed E-state index contributed by atoms with van der Waals surface area (Å²) in [5.41, 5.74) is -0.680. The third-order valence-corrected chi connectivity index (χ3v) is 3.02. The predicted molar refractivity (Wildman–Crippen MR) is 44.5 cm³/mol. The van der Waals surface area contributed by atoms with E-state index in [1.54, 1.807) is 6.92 Å². The van der Waals surface area contributed by atoms with E-state index in [-0.39, 0.29) is 24.6 Å². The lowest BCUT2D eigenvalue weighted by Crippen LogP contribution is -2.33. The van der Waals surface area contributed by atoms with E-state index in [0.717, 1.165) is 6.42 Å². The zero-order chi connectivity index (χ0) is 9.35. The van der Waals surface area contributed by atoms with Crippen LogP contribution < -0.4 is 0 Å². The normalized spacial score (nSPS) is 41.5. The highest BCUT2D eigenvalue weighted by Gasteiger charge is 2.50. The SMILES string of the molecule is CC[C@H]1OC(=O)[C@](C)(CO)[C@@H]1C. The van der Waals surface area contributed by atoms with E-state index in [1.807, 2.05) is 13.8 Å². The molecule has 1 heterocycles. The molecule has 0 spiro atoms. The van der Waals surface area contributed by atoms with Crippen molar-refractivity contribution in [1.82, 2.24) is 0 Å². The molecule has 1 saturated heterocycles. The highest BCUT2D eigenvalue weighted by atomic mass is 16.6. The molecule has 0 radical (unpaired) electrons. The van der Waals surface area contributed by atoms with E-state index in [2.05, 4.69) is 0 Å². The molecule has 1 N–H and O–H groups in total. The average molecular weight is 172 g/mol. The number of rotatable bonds is 2. The first-order valence-electron chi connectivity index (χ1n) is 4.38. The maximum atomic E-state index is 11.3. The van der Waals surface area contributed by atoms with Crippen LogP contribution in [-0.2, 0) is 9.53 Å². The van der Waals surface area contributed by atoms with E-state index >= 15 is 0 Å². The average Bonchev–Trinajstić information content (AvgIpc) is 2.30. The van der Waals surface area contributed by atoms with Gasteiger partial charge in [-0.25, -0.2) is 0 Å². The predicted octanol–water partition coefficient (Wildman–Crippen LogP) is 0.956. The minimum atomic E-state index is -0.680. The van der Waals surface area contributed by atoms with Crippen LogP contribution in [0, 0.1) is 11.3 Å². The molecule has 3 heteroatoms. The van der Waals surface area contributed by atoms with Crippen molar-refractivity contribution in [1.29, 1.82) is 0 Å². The van der Waals surface area contributed by atoms with Crippen molar-refractivity contribution in [3.05, 3.63) is 0 Å². The van der Waals surface area contributed by atoms with Crippen molar-refractivity contribution >= 4 is 5.97 Å². The van der Waals surface area contributed by atoms with Gasteiger partial charge in [0.2, 0.25) is 0 Å². The van der Waals surface area contributed by atoms with Crippen LogP contribution in [0.3, 0.4) is 0 Å². The third-order valence-electron chi connectivity index (χ3n) is 3.02.